The number of sulfonamides is 1. The van der Waals surface area contributed by atoms with Crippen molar-refractivity contribution in [1.29, 1.82) is 0 Å². The van der Waals surface area contributed by atoms with Crippen LogP contribution in [0, 0.1) is 16.7 Å². The summed E-state index contributed by atoms with van der Waals surface area (Å²) in [5, 5.41) is 0. The summed E-state index contributed by atoms with van der Waals surface area (Å²) in [6.07, 6.45) is 3.96. The molecule has 3 fully saturated rings. The molecule has 3 rings (SSSR count). The van der Waals surface area contributed by atoms with Crippen molar-refractivity contribution in [1.82, 2.24) is 4.31 Å². The van der Waals surface area contributed by atoms with Gasteiger partial charge in [0.2, 0.25) is 10.0 Å². The zero-order valence-electron chi connectivity index (χ0n) is 14.5. The van der Waals surface area contributed by atoms with Gasteiger partial charge in [0, 0.05) is 31.5 Å². The molecule has 2 bridgehead atoms. The van der Waals surface area contributed by atoms with Crippen molar-refractivity contribution >= 4 is 15.8 Å². The largest absolute Gasteiger partial charge is 0.378 e. The van der Waals surface area contributed by atoms with Crippen molar-refractivity contribution in [2.75, 3.05) is 25.4 Å². The number of nitrogens with zero attached hydrogens (tertiary/aromatic N) is 1. The van der Waals surface area contributed by atoms with E-state index in [2.05, 4.69) is 13.8 Å². The number of hydrogen-bond donors (Lipinski definition) is 0. The van der Waals surface area contributed by atoms with E-state index < -0.39 is 15.4 Å². The van der Waals surface area contributed by atoms with Gasteiger partial charge in [-0.05, 0) is 43.9 Å². The fourth-order valence-electron chi connectivity index (χ4n) is 5.02. The SMILES string of the molecule is CCOC1CCN(S(=O)(=O)CC23CCC(CC2=O)C3(C)C)CC1. The first-order valence-electron chi connectivity index (χ1n) is 8.85. The highest BCUT2D eigenvalue weighted by molar-refractivity contribution is 7.89. The third kappa shape index (κ3) is 2.67. The molecular weight excluding hydrogens is 314 g/mol. The zero-order chi connectivity index (χ0) is 16.9. The van der Waals surface area contributed by atoms with E-state index in [1.165, 1.54) is 0 Å². The van der Waals surface area contributed by atoms with E-state index in [4.69, 9.17) is 4.74 Å². The van der Waals surface area contributed by atoms with Crippen LogP contribution in [0.2, 0.25) is 0 Å². The summed E-state index contributed by atoms with van der Waals surface area (Å²) in [7, 11) is -3.40. The van der Waals surface area contributed by atoms with Crippen LogP contribution < -0.4 is 0 Å². The van der Waals surface area contributed by atoms with Crippen molar-refractivity contribution in [2.24, 2.45) is 16.7 Å². The molecule has 2 aliphatic carbocycles. The summed E-state index contributed by atoms with van der Waals surface area (Å²) in [4.78, 5) is 12.6. The second kappa shape index (κ2) is 5.81. The Balaban J connectivity index is 1.73. The molecule has 1 aliphatic heterocycles. The highest BCUT2D eigenvalue weighted by Crippen LogP contribution is 2.64. The number of Topliss-reactive ketones (excluding diaryl/α,β-unsaturated/α-hetero) is 1. The quantitative estimate of drug-likeness (QED) is 0.768. The normalized spacial score (nSPS) is 35.1. The summed E-state index contributed by atoms with van der Waals surface area (Å²) in [6, 6.07) is 0. The van der Waals surface area contributed by atoms with Gasteiger partial charge in [-0.2, -0.15) is 0 Å². The summed E-state index contributed by atoms with van der Waals surface area (Å²) >= 11 is 0. The van der Waals surface area contributed by atoms with Gasteiger partial charge < -0.3 is 4.74 Å². The fraction of sp³-hybridized carbons (Fsp3) is 0.941. The van der Waals surface area contributed by atoms with E-state index in [1.54, 1.807) is 4.31 Å². The van der Waals surface area contributed by atoms with E-state index in [0.29, 0.717) is 32.0 Å². The van der Waals surface area contributed by atoms with E-state index >= 15 is 0 Å². The van der Waals surface area contributed by atoms with Gasteiger partial charge in [0.15, 0.2) is 0 Å². The minimum atomic E-state index is -3.40. The molecule has 0 spiro atoms. The Labute approximate surface area is 139 Å². The van der Waals surface area contributed by atoms with E-state index in [1.807, 2.05) is 6.92 Å². The first kappa shape index (κ1) is 17.4. The lowest BCUT2D eigenvalue weighted by molar-refractivity contribution is -0.128. The minimum Gasteiger partial charge on any atom is -0.378 e. The molecule has 3 aliphatic rings. The lowest BCUT2D eigenvalue weighted by Gasteiger charge is -2.39. The predicted molar refractivity (Wildman–Crippen MR) is 88.6 cm³/mol. The number of hydrogen-bond acceptors (Lipinski definition) is 4. The number of carbonyl (C=O) groups is 1. The van der Waals surface area contributed by atoms with Crippen molar-refractivity contribution < 1.29 is 17.9 Å². The van der Waals surface area contributed by atoms with Crippen LogP contribution in [0.1, 0.15) is 52.9 Å². The van der Waals surface area contributed by atoms with Gasteiger partial charge in [-0.15, -0.1) is 0 Å². The second-order valence-electron chi connectivity index (χ2n) is 7.98. The van der Waals surface area contributed by atoms with E-state index in [0.717, 1.165) is 25.7 Å². The Kier molecular flexibility index (Phi) is 4.39. The van der Waals surface area contributed by atoms with Gasteiger partial charge in [0.05, 0.1) is 11.9 Å². The maximum Gasteiger partial charge on any atom is 0.215 e. The first-order valence-corrected chi connectivity index (χ1v) is 10.5. The van der Waals surface area contributed by atoms with Crippen LogP contribution in [-0.4, -0.2) is 50.1 Å². The summed E-state index contributed by atoms with van der Waals surface area (Å²) in [6.45, 7) is 7.85. The zero-order valence-corrected chi connectivity index (χ0v) is 15.3. The molecule has 132 valence electrons. The summed E-state index contributed by atoms with van der Waals surface area (Å²) in [5.41, 5.74) is -0.853. The Hall–Kier alpha value is -0.460. The maximum absolute atomic E-state index is 13.0. The highest BCUT2D eigenvalue weighted by atomic mass is 32.2. The van der Waals surface area contributed by atoms with Gasteiger partial charge in [-0.25, -0.2) is 12.7 Å². The van der Waals surface area contributed by atoms with Gasteiger partial charge in [0.1, 0.15) is 5.78 Å². The Morgan fingerprint density at radius 1 is 1.22 bits per heavy atom. The molecule has 23 heavy (non-hydrogen) atoms. The van der Waals surface area contributed by atoms with E-state index in [9.17, 15) is 13.2 Å². The molecule has 1 heterocycles. The lowest BCUT2D eigenvalue weighted by Crippen LogP contribution is -2.49. The van der Waals surface area contributed by atoms with Crippen LogP contribution in [0.25, 0.3) is 0 Å². The van der Waals surface area contributed by atoms with Gasteiger partial charge in [0.25, 0.3) is 0 Å². The number of rotatable bonds is 5. The molecule has 0 amide bonds. The molecule has 5 nitrogen and oxygen atoms in total. The van der Waals surface area contributed by atoms with Crippen LogP contribution in [0.15, 0.2) is 0 Å². The number of ketones is 1. The number of carbonyl (C=O) groups excluding carboxylic acids is 1. The predicted octanol–water partition coefficient (Wildman–Crippen LogP) is 2.21. The molecule has 2 unspecified atom stereocenters. The van der Waals surface area contributed by atoms with Crippen molar-refractivity contribution in [3.05, 3.63) is 0 Å². The first-order chi connectivity index (χ1) is 10.7. The third-order valence-electron chi connectivity index (χ3n) is 6.76. The van der Waals surface area contributed by atoms with Crippen LogP contribution in [0.3, 0.4) is 0 Å². The second-order valence-corrected chi connectivity index (χ2v) is 9.95. The van der Waals surface area contributed by atoms with Crippen LogP contribution in [0.5, 0.6) is 0 Å². The van der Waals surface area contributed by atoms with Crippen molar-refractivity contribution in [3.63, 3.8) is 0 Å². The molecule has 2 atom stereocenters. The van der Waals surface area contributed by atoms with E-state index in [-0.39, 0.29) is 23.1 Å². The summed E-state index contributed by atoms with van der Waals surface area (Å²) < 4.78 is 33.1. The lowest BCUT2D eigenvalue weighted by atomic mass is 9.70. The molecule has 0 radical (unpaired) electrons. The standard InChI is InChI=1S/C17H29NO4S/c1-4-22-14-6-9-18(10-7-14)23(20,21)12-17-8-5-13(11-15(17)19)16(17,2)3/h13-14H,4-12H2,1-3H3. The average Bonchev–Trinajstić information content (AvgIpc) is 2.82. The van der Waals surface area contributed by atoms with Crippen LogP contribution in [-0.2, 0) is 19.6 Å². The smallest absolute Gasteiger partial charge is 0.215 e. The van der Waals surface area contributed by atoms with Gasteiger partial charge in [-0.3, -0.25) is 4.79 Å². The number of ether oxygens (including phenoxy) is 1. The number of piperidine rings is 1. The minimum absolute atomic E-state index is 0.00162. The molecule has 6 heteroatoms. The fourth-order valence-corrected chi connectivity index (χ4v) is 7.27. The molecule has 0 aromatic carbocycles. The third-order valence-corrected chi connectivity index (χ3v) is 8.77. The molecule has 0 aromatic heterocycles. The molecule has 1 saturated heterocycles. The Morgan fingerprint density at radius 2 is 1.87 bits per heavy atom. The van der Waals surface area contributed by atoms with Gasteiger partial charge >= 0.3 is 0 Å². The van der Waals surface area contributed by atoms with Gasteiger partial charge in [-0.1, -0.05) is 13.8 Å². The highest BCUT2D eigenvalue weighted by Gasteiger charge is 2.65. The molecular formula is C17H29NO4S. The Morgan fingerprint density at radius 3 is 2.35 bits per heavy atom. The molecule has 0 N–H and O–H groups in total. The van der Waals surface area contributed by atoms with Crippen LogP contribution in [0.4, 0.5) is 0 Å². The average molecular weight is 343 g/mol. The number of fused-ring (bicyclic) bond motifs is 2. The molecule has 0 aromatic rings. The van der Waals surface area contributed by atoms with Crippen molar-refractivity contribution in [2.45, 2.75) is 59.0 Å². The maximum atomic E-state index is 13.0. The Bertz CT molecular complexity index is 577. The van der Waals surface area contributed by atoms with Crippen molar-refractivity contribution in [3.8, 4) is 0 Å². The summed E-state index contributed by atoms with van der Waals surface area (Å²) in [5.74, 6) is 0.530. The monoisotopic (exact) mass is 343 g/mol. The molecule has 2 saturated carbocycles. The van der Waals surface area contributed by atoms with Crippen LogP contribution >= 0.6 is 0 Å². The topological polar surface area (TPSA) is 63.7 Å².